The number of hydrogen-bond acceptors (Lipinski definition) is 1. The third-order valence-electron chi connectivity index (χ3n) is 14.7. The molecule has 4 heteroatoms. The zero-order valence-electron chi connectivity index (χ0n) is 42.1. The van der Waals surface area contributed by atoms with Crippen molar-refractivity contribution < 1.29 is 15.2 Å². The number of para-hydroxylation sites is 1. The highest BCUT2D eigenvalue weighted by Gasteiger charge is 2.69. The van der Waals surface area contributed by atoms with Gasteiger partial charge in [0.2, 0.25) is 5.69 Å². The smallest absolute Gasteiger partial charge is 0.392 e. The number of benzene rings is 7. The fourth-order valence-corrected chi connectivity index (χ4v) is 11.4. The van der Waals surface area contributed by atoms with E-state index in [0.717, 1.165) is 73.8 Å². The number of hydrogen-bond donors (Lipinski definition) is 0. The third-order valence-corrected chi connectivity index (χ3v) is 14.7. The largest absolute Gasteiger partial charge is 0.499 e. The van der Waals surface area contributed by atoms with Gasteiger partial charge in [0.25, 0.3) is 0 Å². The van der Waals surface area contributed by atoms with Crippen molar-refractivity contribution in [1.29, 1.82) is 0 Å². The summed E-state index contributed by atoms with van der Waals surface area (Å²) in [5.74, 6) is 0.707. The molecule has 1 atom stereocenters. The van der Waals surface area contributed by atoms with Gasteiger partial charge in [-0.15, -0.1) is 9.13 Å². The van der Waals surface area contributed by atoms with E-state index in [2.05, 4.69) is 233 Å². The molecule has 0 saturated carbocycles. The van der Waals surface area contributed by atoms with E-state index in [1.54, 1.807) is 0 Å². The lowest BCUT2D eigenvalue weighted by atomic mass is 9.78. The van der Waals surface area contributed by atoms with Crippen LogP contribution < -0.4 is 13.9 Å². The summed E-state index contributed by atoms with van der Waals surface area (Å²) in [6.45, 7) is 22.5. The lowest BCUT2D eigenvalue weighted by molar-refractivity contribution is -0.997. The molecule has 9 aromatic rings. The second kappa shape index (κ2) is 15.0. The van der Waals surface area contributed by atoms with E-state index in [1.165, 1.54) is 50.1 Å². The summed E-state index contributed by atoms with van der Waals surface area (Å²) in [4.78, 5) is 0. The van der Waals surface area contributed by atoms with Crippen LogP contribution in [-0.2, 0) is 23.1 Å². The van der Waals surface area contributed by atoms with Crippen LogP contribution in [0, 0.1) is 5.92 Å². The second-order valence-corrected chi connectivity index (χ2v) is 22.1. The van der Waals surface area contributed by atoms with E-state index >= 15 is 0 Å². The number of aromatic nitrogens is 3. The van der Waals surface area contributed by atoms with Crippen LogP contribution >= 0.6 is 0 Å². The summed E-state index contributed by atoms with van der Waals surface area (Å²) in [5.41, 5.74) is 21.8. The Morgan fingerprint density at radius 1 is 0.588 bits per heavy atom. The van der Waals surface area contributed by atoms with E-state index in [9.17, 15) is 0 Å². The van der Waals surface area contributed by atoms with E-state index in [0.29, 0.717) is 5.92 Å². The SMILES string of the molecule is [2H]C(C)(C)c1ccc(-c2cc[n+]3c(c2)-c2cc(-c4ccccc4)cc4c2C32Oc3c(cc(C(C)(C)C)cc3C(C)(C)C)-c3n(-c5ccc(-c6ccccc6)c(CC(C)C)c5)c5cccc-4c5[n+]32)cc1. The highest BCUT2D eigenvalue weighted by molar-refractivity contribution is 5.99. The molecule has 3 aliphatic heterocycles. The molecule has 4 nitrogen and oxygen atoms in total. The lowest BCUT2D eigenvalue weighted by Crippen LogP contribution is -2.78. The summed E-state index contributed by atoms with van der Waals surface area (Å²) >= 11 is 0. The van der Waals surface area contributed by atoms with Crippen LogP contribution in [0.2, 0.25) is 0 Å². The van der Waals surface area contributed by atoms with Crippen LogP contribution in [0.15, 0.2) is 164 Å². The fraction of sp³-hybridized carbons (Fsp3) is 0.250. The molecule has 0 saturated heterocycles. The molecule has 0 amide bonds. The predicted molar refractivity (Wildman–Crippen MR) is 279 cm³/mol. The molecule has 336 valence electrons. The van der Waals surface area contributed by atoms with Crippen LogP contribution in [0.4, 0.5) is 0 Å². The summed E-state index contributed by atoms with van der Waals surface area (Å²) < 4.78 is 24.5. The van der Waals surface area contributed by atoms with Gasteiger partial charge in [-0.25, -0.2) is 0 Å². The molecular weight excluding hydrogens is 827 g/mol. The third kappa shape index (κ3) is 6.25. The zero-order chi connectivity index (χ0) is 47.9. The van der Waals surface area contributed by atoms with Gasteiger partial charge in [-0.3, -0.25) is 0 Å². The summed E-state index contributed by atoms with van der Waals surface area (Å²) in [7, 11) is 0. The standard InChI is InChI=1S/C64H61N3O/c1-39(2)32-47-33-49(28-29-50(47)44-20-15-12-16-21-44)66-56-23-17-22-51-52-34-46(42-18-13-11-14-19-42)35-53-57-36-45(43-26-24-41(25-27-43)40(3)4)30-31-65(57)64(58(52)53)67(59(51)56)61(66)54-37-48(62(5,6)7)38-55(60(54)68-64)63(8,9)10/h11-31,33-40H,32H2,1-10H3/q+2/i40D. The Labute approximate surface area is 403 Å². The van der Waals surface area contributed by atoms with Crippen LogP contribution in [0.5, 0.6) is 5.75 Å². The van der Waals surface area contributed by atoms with Crippen LogP contribution in [0.3, 0.4) is 0 Å². The minimum absolute atomic E-state index is 0.122. The maximum Gasteiger partial charge on any atom is 0.499 e. The van der Waals surface area contributed by atoms with Crippen molar-refractivity contribution in [2.24, 2.45) is 5.92 Å². The first-order chi connectivity index (χ1) is 32.9. The molecule has 0 fully saturated rings. The number of imidazole rings is 1. The quantitative estimate of drug-likeness (QED) is 0.146. The molecule has 0 bridgehead atoms. The fourth-order valence-electron chi connectivity index (χ4n) is 11.4. The Bertz CT molecular complexity index is 3560. The first kappa shape index (κ1) is 41.2. The van der Waals surface area contributed by atoms with Crippen LogP contribution in [0.1, 0.15) is 104 Å². The molecule has 0 N–H and O–H groups in total. The Morgan fingerprint density at radius 3 is 1.96 bits per heavy atom. The highest BCUT2D eigenvalue weighted by atomic mass is 16.5. The van der Waals surface area contributed by atoms with Crippen molar-refractivity contribution in [1.82, 2.24) is 4.57 Å². The molecule has 68 heavy (non-hydrogen) atoms. The van der Waals surface area contributed by atoms with Gasteiger partial charge >= 0.3 is 11.7 Å². The van der Waals surface area contributed by atoms with Gasteiger partial charge in [0.15, 0.2) is 23.0 Å². The molecule has 0 aliphatic carbocycles. The number of fused-ring (bicyclic) bond motifs is 5. The van der Waals surface area contributed by atoms with Crippen molar-refractivity contribution in [2.75, 3.05) is 0 Å². The Kier molecular flexibility index (Phi) is 9.07. The van der Waals surface area contributed by atoms with Gasteiger partial charge in [-0.05, 0) is 128 Å². The van der Waals surface area contributed by atoms with E-state index in [4.69, 9.17) is 6.11 Å². The maximum absolute atomic E-state index is 8.72. The van der Waals surface area contributed by atoms with Gasteiger partial charge in [0, 0.05) is 30.2 Å². The Balaban J connectivity index is 1.23. The number of pyridine rings is 1. The van der Waals surface area contributed by atoms with E-state index in [-0.39, 0.29) is 10.8 Å². The molecule has 3 aliphatic rings. The van der Waals surface area contributed by atoms with Crippen molar-refractivity contribution in [3.8, 4) is 78.6 Å². The Morgan fingerprint density at radius 2 is 1.28 bits per heavy atom. The van der Waals surface area contributed by atoms with Gasteiger partial charge in [-0.2, -0.15) is 4.57 Å². The number of rotatable bonds is 7. The normalized spacial score (nSPS) is 15.8. The maximum atomic E-state index is 8.72. The van der Waals surface area contributed by atoms with Crippen molar-refractivity contribution in [3.05, 3.63) is 192 Å². The first-order valence-electron chi connectivity index (χ1n) is 25.0. The zero-order valence-corrected chi connectivity index (χ0v) is 41.1. The molecule has 7 aromatic carbocycles. The summed E-state index contributed by atoms with van der Waals surface area (Å²) in [5, 5.41) is 0. The van der Waals surface area contributed by atoms with Crippen molar-refractivity contribution in [2.45, 2.75) is 98.2 Å². The highest BCUT2D eigenvalue weighted by Crippen LogP contribution is 2.56. The predicted octanol–water partition coefficient (Wildman–Crippen LogP) is 15.4. The van der Waals surface area contributed by atoms with Gasteiger partial charge in [-0.1, -0.05) is 166 Å². The first-order valence-corrected chi connectivity index (χ1v) is 24.5. The minimum atomic E-state index is -1.11. The van der Waals surface area contributed by atoms with E-state index in [1.807, 2.05) is 13.8 Å². The molecule has 12 rings (SSSR count). The average molecular weight is 889 g/mol. The number of ether oxygens (including phenoxy) is 1. The monoisotopic (exact) mass is 888 g/mol. The average Bonchev–Trinajstić information content (AvgIpc) is 3.82. The summed E-state index contributed by atoms with van der Waals surface area (Å²) in [6, 6.07) is 58.6. The van der Waals surface area contributed by atoms with Crippen molar-refractivity contribution in [3.63, 3.8) is 0 Å². The van der Waals surface area contributed by atoms with Gasteiger partial charge < -0.3 is 4.74 Å². The molecule has 1 unspecified atom stereocenters. The van der Waals surface area contributed by atoms with Crippen molar-refractivity contribution >= 4 is 11.0 Å². The molecule has 0 radical (unpaired) electrons. The van der Waals surface area contributed by atoms with Gasteiger partial charge in [0.05, 0.1) is 5.56 Å². The lowest BCUT2D eigenvalue weighted by Gasteiger charge is -2.36. The number of nitrogens with zero attached hydrogens (tertiary/aromatic N) is 3. The van der Waals surface area contributed by atoms with Gasteiger partial charge in [0.1, 0.15) is 16.8 Å². The summed E-state index contributed by atoms with van der Waals surface area (Å²) in [6.07, 6.45) is 3.23. The molecular formula is C64H61N3O+2. The molecule has 5 heterocycles. The molecule has 2 aromatic heterocycles. The van der Waals surface area contributed by atoms with E-state index < -0.39 is 11.7 Å². The van der Waals surface area contributed by atoms with Crippen LogP contribution in [-0.4, -0.2) is 4.57 Å². The molecule has 1 spiro atoms. The Hall–Kier alpha value is -7.04. The minimum Gasteiger partial charge on any atom is -0.392 e. The topological polar surface area (TPSA) is 21.9 Å². The second-order valence-electron chi connectivity index (χ2n) is 22.1. The van der Waals surface area contributed by atoms with Crippen LogP contribution in [0.25, 0.3) is 83.9 Å².